The van der Waals surface area contributed by atoms with Gasteiger partial charge in [0.05, 0.1) is 21.0 Å². The molecule has 7 nitrogen and oxygen atoms in total. The molecule has 0 spiro atoms. The van der Waals surface area contributed by atoms with Crippen LogP contribution in [0.25, 0.3) is 10.9 Å². The summed E-state index contributed by atoms with van der Waals surface area (Å²) in [4.78, 5) is 24.5. The Hall–Kier alpha value is -2.58. The molecule has 0 aliphatic heterocycles. The van der Waals surface area contributed by atoms with Gasteiger partial charge >= 0.3 is 0 Å². The zero-order chi connectivity index (χ0) is 26.3. The summed E-state index contributed by atoms with van der Waals surface area (Å²) in [5.74, 6) is 4.50. The van der Waals surface area contributed by atoms with Gasteiger partial charge < -0.3 is 4.43 Å². The number of nitro benzene ring substituents is 1. The fraction of sp³-hybridized carbons (Fsp3) is 0.333. The van der Waals surface area contributed by atoms with Crippen molar-refractivity contribution in [1.82, 2.24) is 9.78 Å². The average Bonchev–Trinajstić information content (AvgIpc) is 3.07. The molecule has 1 heterocycles. The molecule has 0 unspecified atom stereocenters. The highest BCUT2D eigenvalue weighted by atomic mass is 79.9. The summed E-state index contributed by atoms with van der Waals surface area (Å²) < 4.78 is 21.5. The number of aromatic nitrogens is 2. The number of hydrogen-bond acceptors (Lipinski definition) is 5. The number of nitro groups is 1. The van der Waals surface area contributed by atoms with Gasteiger partial charge in [-0.05, 0) is 58.2 Å². The molecule has 0 amide bonds. The van der Waals surface area contributed by atoms with Crippen LogP contribution in [0.4, 0.5) is 10.1 Å². The Morgan fingerprint density at radius 3 is 2.60 bits per heavy atom. The van der Waals surface area contributed by atoms with Crippen LogP contribution in [0.3, 0.4) is 0 Å². The third-order valence-electron chi connectivity index (χ3n) is 6.16. The summed E-state index contributed by atoms with van der Waals surface area (Å²) in [5, 5.41) is 16.8. The number of carbonyl (C=O) groups excluding carboxylic acids is 1. The predicted octanol–water partition coefficient (Wildman–Crippen LogP) is 6.64. The van der Waals surface area contributed by atoms with Crippen molar-refractivity contribution < 1.29 is 18.5 Å². The van der Waals surface area contributed by atoms with Gasteiger partial charge in [0.1, 0.15) is 22.6 Å². The Bertz CT molecular complexity index is 1420. The molecule has 0 N–H and O–H groups in total. The van der Waals surface area contributed by atoms with E-state index in [4.69, 9.17) is 16.0 Å². The number of carbonyl (C=O) groups is 1. The zero-order valence-corrected chi connectivity index (χ0v) is 23.5. The van der Waals surface area contributed by atoms with Crippen LogP contribution in [0.5, 0.6) is 0 Å². The van der Waals surface area contributed by atoms with Gasteiger partial charge in [0, 0.05) is 24.1 Å². The lowest BCUT2D eigenvalue weighted by molar-refractivity contribution is -0.385. The van der Waals surface area contributed by atoms with E-state index in [2.05, 4.69) is 66.7 Å². The van der Waals surface area contributed by atoms with Gasteiger partial charge in [0.2, 0.25) is 5.78 Å². The van der Waals surface area contributed by atoms with Crippen molar-refractivity contribution in [3.8, 4) is 11.8 Å². The van der Waals surface area contributed by atoms with Crippen molar-refractivity contribution in [2.45, 2.75) is 38.9 Å². The van der Waals surface area contributed by atoms with Gasteiger partial charge in [0.15, 0.2) is 8.32 Å². The van der Waals surface area contributed by atoms with E-state index in [1.165, 1.54) is 16.8 Å². The molecule has 184 valence electrons. The van der Waals surface area contributed by atoms with Crippen molar-refractivity contribution in [1.29, 1.82) is 0 Å². The molecule has 0 atom stereocenters. The lowest BCUT2D eigenvalue weighted by Crippen LogP contribution is -2.40. The molecule has 11 heteroatoms. The summed E-state index contributed by atoms with van der Waals surface area (Å²) in [5.41, 5.74) is -0.181. The molecular weight excluding hydrogens is 557 g/mol. The van der Waals surface area contributed by atoms with Gasteiger partial charge in [0.25, 0.3) is 5.69 Å². The van der Waals surface area contributed by atoms with Gasteiger partial charge in [-0.3, -0.25) is 19.6 Å². The molecule has 0 saturated carbocycles. The first kappa shape index (κ1) is 27.0. The average molecular weight is 581 g/mol. The number of ketones is 1. The van der Waals surface area contributed by atoms with E-state index in [0.29, 0.717) is 16.6 Å². The largest absolute Gasteiger partial charge is 0.406 e. The fourth-order valence-electron chi connectivity index (χ4n) is 3.15. The van der Waals surface area contributed by atoms with Crippen molar-refractivity contribution >= 4 is 58.2 Å². The van der Waals surface area contributed by atoms with Crippen molar-refractivity contribution in [2.75, 3.05) is 6.61 Å². The molecule has 35 heavy (non-hydrogen) atoms. The number of halogens is 3. The molecule has 3 rings (SSSR count). The second kappa shape index (κ2) is 9.82. The van der Waals surface area contributed by atoms with Crippen LogP contribution in [-0.2, 0) is 11.5 Å². The lowest BCUT2D eigenvalue weighted by Gasteiger charge is -2.35. The van der Waals surface area contributed by atoms with Gasteiger partial charge in [-0.1, -0.05) is 38.3 Å². The third kappa shape index (κ3) is 5.33. The number of aryl methyl sites for hydroxylation is 1. The molecule has 0 aliphatic carbocycles. The monoisotopic (exact) mass is 579 g/mol. The van der Waals surface area contributed by atoms with E-state index in [1.54, 1.807) is 7.05 Å². The minimum Gasteiger partial charge on any atom is -0.406 e. The number of hydrogen-bond donors (Lipinski definition) is 0. The third-order valence-corrected chi connectivity index (χ3v) is 11.7. The SMILES string of the molecule is Cn1nc2c(Br)c(C(=O)c3cc(F)ccc3Cl)c([N+](=O)[O-])cc2c1C#CCO[Si](C)(C)C(C)(C)C. The van der Waals surface area contributed by atoms with Gasteiger partial charge in [-0.15, -0.1) is 0 Å². The smallest absolute Gasteiger partial charge is 0.282 e. The molecule has 0 fully saturated rings. The molecule has 0 aliphatic rings. The number of fused-ring (bicyclic) bond motifs is 1. The second-order valence-corrected chi connectivity index (χ2v) is 15.5. The molecular formula is C24H24BrClFN3O4Si. The molecule has 0 saturated heterocycles. The van der Waals surface area contributed by atoms with Crippen LogP contribution in [0.1, 0.15) is 42.4 Å². The fourth-order valence-corrected chi connectivity index (χ4v) is 4.89. The first-order valence-electron chi connectivity index (χ1n) is 10.6. The summed E-state index contributed by atoms with van der Waals surface area (Å²) >= 11 is 9.40. The first-order valence-corrected chi connectivity index (χ1v) is 14.7. The topological polar surface area (TPSA) is 87.3 Å². The predicted molar refractivity (Wildman–Crippen MR) is 140 cm³/mol. The van der Waals surface area contributed by atoms with Crippen LogP contribution in [-0.4, -0.2) is 35.4 Å². The minimum atomic E-state index is -1.98. The summed E-state index contributed by atoms with van der Waals surface area (Å²) in [6.07, 6.45) is 0. The van der Waals surface area contributed by atoms with E-state index in [1.807, 2.05) is 0 Å². The molecule has 0 radical (unpaired) electrons. The van der Waals surface area contributed by atoms with E-state index >= 15 is 0 Å². The van der Waals surface area contributed by atoms with Crippen LogP contribution in [0, 0.1) is 27.8 Å². The maximum Gasteiger partial charge on any atom is 0.282 e. The van der Waals surface area contributed by atoms with Crippen molar-refractivity contribution in [3.63, 3.8) is 0 Å². The van der Waals surface area contributed by atoms with E-state index in [-0.39, 0.29) is 32.3 Å². The van der Waals surface area contributed by atoms with Crippen LogP contribution < -0.4 is 0 Å². The zero-order valence-electron chi connectivity index (χ0n) is 20.1. The quantitative estimate of drug-likeness (QED) is 0.111. The standard InChI is InChI=1S/C24H24BrClFN3O4Si/c1-24(2,3)35(5,6)34-11-7-8-18-16-13-19(30(32)33)20(21(25)22(16)28-29(18)4)23(31)15-12-14(27)9-10-17(15)26/h9-10,12-13H,11H2,1-6H3. The highest BCUT2D eigenvalue weighted by Crippen LogP contribution is 2.38. The van der Waals surface area contributed by atoms with Crippen LogP contribution in [0.2, 0.25) is 23.2 Å². The van der Waals surface area contributed by atoms with Crippen LogP contribution >= 0.6 is 27.5 Å². The highest BCUT2D eigenvalue weighted by Gasteiger charge is 2.37. The lowest BCUT2D eigenvalue weighted by atomic mass is 9.99. The number of nitrogens with zero attached hydrogens (tertiary/aromatic N) is 3. The maximum atomic E-state index is 13.8. The Morgan fingerprint density at radius 1 is 1.34 bits per heavy atom. The number of benzene rings is 2. The molecule has 2 aromatic carbocycles. The summed E-state index contributed by atoms with van der Waals surface area (Å²) in [6, 6.07) is 4.53. The van der Waals surface area contributed by atoms with E-state index in [0.717, 1.165) is 12.1 Å². The Balaban J connectivity index is 2.11. The second-order valence-electron chi connectivity index (χ2n) is 9.51. The Morgan fingerprint density at radius 2 is 2.00 bits per heavy atom. The van der Waals surface area contributed by atoms with E-state index < -0.39 is 30.5 Å². The van der Waals surface area contributed by atoms with Gasteiger partial charge in [-0.2, -0.15) is 5.10 Å². The summed E-state index contributed by atoms with van der Waals surface area (Å²) in [6.45, 7) is 10.9. The van der Waals surface area contributed by atoms with Crippen molar-refractivity contribution in [3.05, 3.63) is 66.5 Å². The van der Waals surface area contributed by atoms with Gasteiger partial charge in [-0.25, -0.2) is 4.39 Å². The Kier molecular flexibility index (Phi) is 7.58. The first-order chi connectivity index (χ1) is 16.2. The Labute approximate surface area is 217 Å². The minimum absolute atomic E-state index is 0.0213. The molecule has 3 aromatic rings. The van der Waals surface area contributed by atoms with E-state index in [9.17, 15) is 19.3 Å². The highest BCUT2D eigenvalue weighted by molar-refractivity contribution is 9.10. The molecule has 0 bridgehead atoms. The molecule has 1 aromatic heterocycles. The normalized spacial score (nSPS) is 11.9. The van der Waals surface area contributed by atoms with Crippen molar-refractivity contribution in [2.24, 2.45) is 7.05 Å². The van der Waals surface area contributed by atoms with Crippen LogP contribution in [0.15, 0.2) is 28.7 Å². The summed E-state index contributed by atoms with van der Waals surface area (Å²) in [7, 11) is -0.330. The maximum absolute atomic E-state index is 13.8. The number of rotatable bonds is 5.